The Bertz CT molecular complexity index is 1180. The second-order valence-electron chi connectivity index (χ2n) is 7.43. The highest BCUT2D eigenvalue weighted by atomic mass is 19.1. The van der Waals surface area contributed by atoms with Gasteiger partial charge in [0.15, 0.2) is 5.78 Å². The van der Waals surface area contributed by atoms with Gasteiger partial charge in [-0.3, -0.25) is 14.6 Å². The molecule has 29 heavy (non-hydrogen) atoms. The lowest BCUT2D eigenvalue weighted by molar-refractivity contribution is 0.104. The topological polar surface area (TPSA) is 73.2 Å². The van der Waals surface area contributed by atoms with Gasteiger partial charge in [-0.2, -0.15) is 0 Å². The fourth-order valence-corrected chi connectivity index (χ4v) is 3.79. The molecular formula is C22H22FN3O3. The first-order valence-corrected chi connectivity index (χ1v) is 9.61. The van der Waals surface area contributed by atoms with Gasteiger partial charge >= 0.3 is 0 Å². The van der Waals surface area contributed by atoms with E-state index in [-0.39, 0.29) is 16.7 Å². The SMILES string of the molecule is COc1cnc2c(c1)C(=O)c1c-2n(CCCNC(C)C)c(=O)c2cc(F)ccc12. The van der Waals surface area contributed by atoms with Gasteiger partial charge in [0.1, 0.15) is 11.6 Å². The van der Waals surface area contributed by atoms with E-state index in [4.69, 9.17) is 4.74 Å². The first-order valence-electron chi connectivity index (χ1n) is 9.61. The molecule has 0 aliphatic heterocycles. The molecule has 2 aromatic heterocycles. The first kappa shape index (κ1) is 19.3. The highest BCUT2D eigenvalue weighted by Gasteiger charge is 2.34. The summed E-state index contributed by atoms with van der Waals surface area (Å²) in [5, 5.41) is 3.97. The Balaban J connectivity index is 1.93. The van der Waals surface area contributed by atoms with Crippen LogP contribution in [0.4, 0.5) is 4.39 Å². The Hall–Kier alpha value is -3.06. The number of pyridine rings is 2. The summed E-state index contributed by atoms with van der Waals surface area (Å²) in [6.45, 7) is 5.22. The maximum atomic E-state index is 13.9. The van der Waals surface area contributed by atoms with E-state index in [0.29, 0.717) is 52.7 Å². The minimum atomic E-state index is -0.509. The summed E-state index contributed by atoms with van der Waals surface area (Å²) in [5.41, 5.74) is 1.44. The largest absolute Gasteiger partial charge is 0.495 e. The number of methoxy groups -OCH3 is 1. The molecule has 1 aliphatic rings. The molecule has 1 aromatic carbocycles. The average molecular weight is 395 g/mol. The van der Waals surface area contributed by atoms with Gasteiger partial charge in [-0.15, -0.1) is 0 Å². The second-order valence-corrected chi connectivity index (χ2v) is 7.43. The van der Waals surface area contributed by atoms with E-state index in [0.717, 1.165) is 6.54 Å². The summed E-state index contributed by atoms with van der Waals surface area (Å²) in [6.07, 6.45) is 2.22. The third kappa shape index (κ3) is 3.21. The van der Waals surface area contributed by atoms with Crippen LogP contribution in [0.2, 0.25) is 0 Å². The van der Waals surface area contributed by atoms with Crippen molar-refractivity contribution in [3.05, 3.63) is 57.8 Å². The number of nitrogens with zero attached hydrogens (tertiary/aromatic N) is 2. The van der Waals surface area contributed by atoms with Crippen molar-refractivity contribution in [2.24, 2.45) is 0 Å². The summed E-state index contributed by atoms with van der Waals surface area (Å²) in [4.78, 5) is 30.9. The number of hydrogen-bond acceptors (Lipinski definition) is 5. The number of ketones is 1. The molecule has 0 saturated carbocycles. The molecule has 3 aromatic rings. The zero-order valence-electron chi connectivity index (χ0n) is 16.6. The van der Waals surface area contributed by atoms with Crippen molar-refractivity contribution < 1.29 is 13.9 Å². The van der Waals surface area contributed by atoms with Crippen LogP contribution in [0.3, 0.4) is 0 Å². The number of hydrogen-bond donors (Lipinski definition) is 1. The van der Waals surface area contributed by atoms with Gasteiger partial charge in [-0.1, -0.05) is 19.9 Å². The molecule has 0 bridgehead atoms. The number of carbonyl (C=O) groups is 1. The Morgan fingerprint density at radius 2 is 2.00 bits per heavy atom. The predicted octanol–water partition coefficient (Wildman–Crippen LogP) is 3.14. The molecule has 4 rings (SSSR count). The average Bonchev–Trinajstić information content (AvgIpc) is 2.99. The predicted molar refractivity (Wildman–Crippen MR) is 109 cm³/mol. The molecule has 1 aliphatic carbocycles. The molecule has 0 amide bonds. The van der Waals surface area contributed by atoms with Gasteiger partial charge in [-0.25, -0.2) is 4.39 Å². The monoisotopic (exact) mass is 395 g/mol. The number of benzene rings is 1. The van der Waals surface area contributed by atoms with Gasteiger partial charge in [-0.05, 0) is 31.2 Å². The number of aromatic nitrogens is 2. The highest BCUT2D eigenvalue weighted by molar-refractivity contribution is 6.26. The van der Waals surface area contributed by atoms with Crippen molar-refractivity contribution in [1.82, 2.24) is 14.9 Å². The fraction of sp³-hybridized carbons (Fsp3) is 0.318. The number of fused-ring (bicyclic) bond motifs is 5. The molecule has 2 heterocycles. The Labute approximate surface area is 167 Å². The van der Waals surface area contributed by atoms with E-state index < -0.39 is 5.82 Å². The molecule has 1 N–H and O–H groups in total. The molecule has 0 radical (unpaired) electrons. The van der Waals surface area contributed by atoms with Gasteiger partial charge in [0, 0.05) is 18.0 Å². The number of rotatable bonds is 6. The van der Waals surface area contributed by atoms with Gasteiger partial charge < -0.3 is 14.6 Å². The van der Waals surface area contributed by atoms with Crippen LogP contribution in [0.5, 0.6) is 5.75 Å². The lowest BCUT2D eigenvalue weighted by atomic mass is 10.0. The van der Waals surface area contributed by atoms with E-state index in [2.05, 4.69) is 24.1 Å². The van der Waals surface area contributed by atoms with Crippen LogP contribution in [0.15, 0.2) is 35.3 Å². The van der Waals surface area contributed by atoms with E-state index in [1.165, 1.54) is 31.5 Å². The molecule has 0 fully saturated rings. The molecule has 150 valence electrons. The van der Waals surface area contributed by atoms with Gasteiger partial charge in [0.2, 0.25) is 0 Å². The standard InChI is InChI=1S/C22H22FN3O3/c1-12(2)24-7-4-8-26-20-18(15-6-5-13(23)9-16(15)22(26)28)21(27)17-10-14(29-3)11-25-19(17)20/h5-6,9-12,24H,4,7-8H2,1-3H3. The molecule has 6 nitrogen and oxygen atoms in total. The zero-order valence-corrected chi connectivity index (χ0v) is 16.6. The quantitative estimate of drug-likeness (QED) is 0.508. The van der Waals surface area contributed by atoms with Crippen LogP contribution in [0, 0.1) is 5.82 Å². The van der Waals surface area contributed by atoms with Gasteiger partial charge in [0.25, 0.3) is 5.56 Å². The third-order valence-electron chi connectivity index (χ3n) is 5.14. The van der Waals surface area contributed by atoms with Crippen molar-refractivity contribution in [2.75, 3.05) is 13.7 Å². The van der Waals surface area contributed by atoms with Crippen molar-refractivity contribution >= 4 is 16.6 Å². The maximum absolute atomic E-state index is 13.9. The summed E-state index contributed by atoms with van der Waals surface area (Å²) in [7, 11) is 1.51. The Morgan fingerprint density at radius 1 is 1.21 bits per heavy atom. The molecule has 0 saturated heterocycles. The normalized spacial score (nSPS) is 12.5. The van der Waals surface area contributed by atoms with Crippen LogP contribution in [-0.2, 0) is 6.54 Å². The van der Waals surface area contributed by atoms with E-state index in [1.54, 1.807) is 10.6 Å². The lowest BCUT2D eigenvalue weighted by Gasteiger charge is -2.15. The first-order chi connectivity index (χ1) is 13.9. The molecular weight excluding hydrogens is 373 g/mol. The molecule has 0 spiro atoms. The van der Waals surface area contributed by atoms with Crippen LogP contribution >= 0.6 is 0 Å². The highest BCUT2D eigenvalue weighted by Crippen LogP contribution is 2.39. The minimum Gasteiger partial charge on any atom is -0.495 e. The minimum absolute atomic E-state index is 0.202. The van der Waals surface area contributed by atoms with E-state index in [1.807, 2.05) is 0 Å². The lowest BCUT2D eigenvalue weighted by Crippen LogP contribution is -2.28. The summed E-state index contributed by atoms with van der Waals surface area (Å²) >= 11 is 0. The van der Waals surface area contributed by atoms with Crippen LogP contribution < -0.4 is 15.6 Å². The van der Waals surface area contributed by atoms with Crippen LogP contribution in [-0.4, -0.2) is 35.0 Å². The van der Waals surface area contributed by atoms with Crippen LogP contribution in [0.25, 0.3) is 22.2 Å². The van der Waals surface area contributed by atoms with Crippen LogP contribution in [0.1, 0.15) is 36.2 Å². The summed E-state index contributed by atoms with van der Waals surface area (Å²) in [6, 6.07) is 5.93. The van der Waals surface area contributed by atoms with E-state index in [9.17, 15) is 14.0 Å². The molecule has 0 unspecified atom stereocenters. The fourth-order valence-electron chi connectivity index (χ4n) is 3.79. The number of halogens is 1. The summed E-state index contributed by atoms with van der Waals surface area (Å²) < 4.78 is 20.6. The number of carbonyl (C=O) groups excluding carboxylic acids is 1. The zero-order chi connectivity index (χ0) is 20.7. The molecule has 0 atom stereocenters. The summed E-state index contributed by atoms with van der Waals surface area (Å²) in [5.74, 6) is -0.271. The maximum Gasteiger partial charge on any atom is 0.259 e. The molecule has 7 heteroatoms. The van der Waals surface area contributed by atoms with Crippen molar-refractivity contribution in [1.29, 1.82) is 0 Å². The third-order valence-corrected chi connectivity index (χ3v) is 5.14. The van der Waals surface area contributed by atoms with Gasteiger partial charge in [0.05, 0.1) is 41.2 Å². The van der Waals surface area contributed by atoms with E-state index >= 15 is 0 Å². The Morgan fingerprint density at radius 3 is 2.72 bits per heavy atom. The number of ether oxygens (including phenoxy) is 1. The van der Waals surface area contributed by atoms with Crippen molar-refractivity contribution in [3.8, 4) is 17.1 Å². The number of nitrogens with one attached hydrogen (secondary N) is 1. The Kier molecular flexibility index (Phi) is 4.92. The van der Waals surface area contributed by atoms with Crippen molar-refractivity contribution in [3.63, 3.8) is 0 Å². The van der Waals surface area contributed by atoms with Crippen molar-refractivity contribution in [2.45, 2.75) is 32.9 Å². The smallest absolute Gasteiger partial charge is 0.259 e. The second kappa shape index (κ2) is 7.40.